The van der Waals surface area contributed by atoms with Gasteiger partial charge in [-0.2, -0.15) is 34.8 Å². The van der Waals surface area contributed by atoms with Gasteiger partial charge < -0.3 is 19.7 Å². The first-order chi connectivity index (χ1) is 14.6. The highest BCUT2D eigenvalue weighted by molar-refractivity contribution is 7.90. The molecule has 0 aliphatic heterocycles. The largest absolute Gasteiger partial charge is 0.490 e. The number of nitrogens with zero attached hydrogens (tertiary/aromatic N) is 2. The number of benzene rings is 1. The van der Waals surface area contributed by atoms with Crippen LogP contribution in [-0.4, -0.2) is 78.4 Å². The number of carbonyl (C=O) groups excluding carboxylic acids is 1. The van der Waals surface area contributed by atoms with E-state index in [-0.39, 0.29) is 17.7 Å². The lowest BCUT2D eigenvalue weighted by Gasteiger charge is -2.13. The predicted molar refractivity (Wildman–Crippen MR) is 101 cm³/mol. The standard InChI is InChI=1S/C17H21F6N3O5S/c1-26(2)11-25-32(28,29)14-9-12(5-6-24-15(27)17(21,22)23)3-4-13(14)31-8-7-30-10-16(18,19)20/h3-4,9,11H,5-8,10H2,1-2H3,(H,24,27)/b25-11+. The van der Waals surface area contributed by atoms with Gasteiger partial charge in [0.25, 0.3) is 10.0 Å². The van der Waals surface area contributed by atoms with Gasteiger partial charge in [-0.1, -0.05) is 6.07 Å². The minimum absolute atomic E-state index is 0.142. The zero-order valence-corrected chi connectivity index (χ0v) is 17.8. The number of ether oxygens (including phenoxy) is 2. The molecule has 1 rings (SSSR count). The van der Waals surface area contributed by atoms with Crippen LogP contribution in [0.25, 0.3) is 0 Å². The lowest BCUT2D eigenvalue weighted by molar-refractivity contribution is -0.175. The highest BCUT2D eigenvalue weighted by Gasteiger charge is 2.38. The van der Waals surface area contributed by atoms with Gasteiger partial charge in [0.1, 0.15) is 30.2 Å². The van der Waals surface area contributed by atoms with E-state index >= 15 is 0 Å². The molecule has 1 amide bonds. The maximum Gasteiger partial charge on any atom is 0.471 e. The van der Waals surface area contributed by atoms with Crippen LogP contribution in [-0.2, 0) is 26.0 Å². The number of halogens is 6. The highest BCUT2D eigenvalue weighted by Crippen LogP contribution is 2.27. The Morgan fingerprint density at radius 1 is 1.16 bits per heavy atom. The molecule has 0 heterocycles. The molecule has 182 valence electrons. The topological polar surface area (TPSA) is 97.3 Å². The van der Waals surface area contributed by atoms with Gasteiger partial charge in [0.2, 0.25) is 0 Å². The van der Waals surface area contributed by atoms with Gasteiger partial charge in [-0.3, -0.25) is 4.79 Å². The van der Waals surface area contributed by atoms with Crippen molar-refractivity contribution in [2.75, 3.05) is 40.5 Å². The fourth-order valence-corrected chi connectivity index (χ4v) is 3.17. The molecule has 32 heavy (non-hydrogen) atoms. The van der Waals surface area contributed by atoms with Gasteiger partial charge in [0.15, 0.2) is 0 Å². The second kappa shape index (κ2) is 11.4. The smallest absolute Gasteiger partial charge is 0.471 e. The van der Waals surface area contributed by atoms with E-state index in [0.717, 1.165) is 12.4 Å². The number of sulfonamides is 1. The number of amides is 1. The van der Waals surface area contributed by atoms with Crippen molar-refractivity contribution in [1.82, 2.24) is 10.2 Å². The van der Waals surface area contributed by atoms with Crippen molar-refractivity contribution >= 4 is 22.3 Å². The Morgan fingerprint density at radius 3 is 2.38 bits per heavy atom. The van der Waals surface area contributed by atoms with E-state index in [1.807, 2.05) is 0 Å². The zero-order chi connectivity index (χ0) is 24.6. The molecule has 0 aliphatic carbocycles. The van der Waals surface area contributed by atoms with E-state index in [1.165, 1.54) is 31.1 Å². The first kappa shape index (κ1) is 27.5. The minimum atomic E-state index is -5.05. The summed E-state index contributed by atoms with van der Waals surface area (Å²) in [7, 11) is -1.31. The van der Waals surface area contributed by atoms with E-state index in [1.54, 1.807) is 5.32 Å². The molecule has 0 aliphatic rings. The van der Waals surface area contributed by atoms with Crippen molar-refractivity contribution < 1.29 is 49.0 Å². The van der Waals surface area contributed by atoms with Crippen LogP contribution in [0.15, 0.2) is 27.5 Å². The van der Waals surface area contributed by atoms with E-state index < -0.39 is 59.5 Å². The third-order valence-corrected chi connectivity index (χ3v) is 4.66. The number of hydrogen-bond donors (Lipinski definition) is 1. The second-order valence-corrected chi connectivity index (χ2v) is 8.06. The van der Waals surface area contributed by atoms with E-state index in [9.17, 15) is 39.6 Å². The van der Waals surface area contributed by atoms with Gasteiger partial charge in [0.05, 0.1) is 6.61 Å². The first-order valence-electron chi connectivity index (χ1n) is 8.84. The van der Waals surface area contributed by atoms with Crippen LogP contribution >= 0.6 is 0 Å². The average molecular weight is 493 g/mol. The highest BCUT2D eigenvalue weighted by atomic mass is 32.2. The molecule has 0 atom stereocenters. The van der Waals surface area contributed by atoms with Gasteiger partial charge >= 0.3 is 18.3 Å². The normalized spacial score (nSPS) is 12.8. The summed E-state index contributed by atoms with van der Waals surface area (Å²) in [6, 6.07) is 3.61. The number of rotatable bonds is 11. The Morgan fingerprint density at radius 2 is 1.81 bits per heavy atom. The van der Waals surface area contributed by atoms with E-state index in [2.05, 4.69) is 9.13 Å². The van der Waals surface area contributed by atoms with Gasteiger partial charge in [-0.15, -0.1) is 4.40 Å². The molecule has 1 N–H and O–H groups in total. The van der Waals surface area contributed by atoms with Crippen molar-refractivity contribution in [3.63, 3.8) is 0 Å². The summed E-state index contributed by atoms with van der Waals surface area (Å²) in [6.07, 6.45) is -8.74. The molecule has 8 nitrogen and oxygen atoms in total. The first-order valence-corrected chi connectivity index (χ1v) is 10.3. The summed E-state index contributed by atoms with van der Waals surface area (Å²) in [5, 5.41) is 1.66. The van der Waals surface area contributed by atoms with E-state index in [0.29, 0.717) is 0 Å². The summed E-state index contributed by atoms with van der Waals surface area (Å²) in [5.74, 6) is -2.38. The molecule has 0 radical (unpaired) electrons. The molecule has 1 aromatic carbocycles. The zero-order valence-electron chi connectivity index (χ0n) is 17.0. The molecular formula is C17H21F6N3O5S. The van der Waals surface area contributed by atoms with Crippen LogP contribution < -0.4 is 10.1 Å². The summed E-state index contributed by atoms with van der Waals surface area (Å²) in [5.41, 5.74) is 0.242. The quantitative estimate of drug-likeness (QED) is 0.220. The average Bonchev–Trinajstić information content (AvgIpc) is 2.65. The minimum Gasteiger partial charge on any atom is -0.490 e. The number of hydrogen-bond acceptors (Lipinski definition) is 5. The molecule has 0 bridgehead atoms. The second-order valence-electron chi connectivity index (χ2n) is 6.46. The number of carbonyl (C=O) groups is 1. The fourth-order valence-electron chi connectivity index (χ4n) is 2.06. The fraction of sp³-hybridized carbons (Fsp3) is 0.529. The summed E-state index contributed by atoms with van der Waals surface area (Å²) in [4.78, 5) is 11.7. The van der Waals surface area contributed by atoms with Gasteiger partial charge in [-0.05, 0) is 24.1 Å². The Kier molecular flexibility index (Phi) is 9.75. The maximum atomic E-state index is 12.5. The lowest BCUT2D eigenvalue weighted by atomic mass is 10.1. The van der Waals surface area contributed by atoms with Crippen molar-refractivity contribution in [3.8, 4) is 5.75 Å². The van der Waals surface area contributed by atoms with Crippen LogP contribution in [0.1, 0.15) is 5.56 Å². The predicted octanol–water partition coefficient (Wildman–Crippen LogP) is 2.14. The Labute approximate surface area is 180 Å². The molecule has 0 fully saturated rings. The van der Waals surface area contributed by atoms with Crippen LogP contribution in [0.5, 0.6) is 5.75 Å². The lowest BCUT2D eigenvalue weighted by Crippen LogP contribution is -2.37. The summed E-state index contributed by atoms with van der Waals surface area (Å²) in [6.45, 7) is -2.82. The number of alkyl halides is 6. The molecule has 1 aromatic rings. The SMILES string of the molecule is CN(C)/C=N/S(=O)(=O)c1cc(CCNC(=O)C(F)(F)F)ccc1OCCOCC(F)(F)F. The molecule has 15 heteroatoms. The monoisotopic (exact) mass is 493 g/mol. The Hall–Kier alpha value is -2.55. The summed E-state index contributed by atoms with van der Waals surface area (Å²) < 4.78 is 111. The molecular weight excluding hydrogens is 472 g/mol. The van der Waals surface area contributed by atoms with Crippen LogP contribution in [0.4, 0.5) is 26.3 Å². The number of nitrogens with one attached hydrogen (secondary N) is 1. The van der Waals surface area contributed by atoms with Crippen molar-refractivity contribution in [1.29, 1.82) is 0 Å². The Bertz CT molecular complexity index is 901. The van der Waals surface area contributed by atoms with Crippen LogP contribution in [0.2, 0.25) is 0 Å². The third-order valence-electron chi connectivity index (χ3n) is 3.41. The van der Waals surface area contributed by atoms with E-state index in [4.69, 9.17) is 4.74 Å². The van der Waals surface area contributed by atoms with Gasteiger partial charge in [-0.25, -0.2) is 0 Å². The molecule has 0 saturated carbocycles. The van der Waals surface area contributed by atoms with Crippen molar-refractivity contribution in [2.45, 2.75) is 23.7 Å². The molecule has 0 aromatic heterocycles. The van der Waals surface area contributed by atoms with Crippen molar-refractivity contribution in [2.24, 2.45) is 4.40 Å². The van der Waals surface area contributed by atoms with Crippen molar-refractivity contribution in [3.05, 3.63) is 23.8 Å². The molecule has 0 spiro atoms. The summed E-state index contributed by atoms with van der Waals surface area (Å²) >= 11 is 0. The van der Waals surface area contributed by atoms with Gasteiger partial charge in [0, 0.05) is 20.6 Å². The van der Waals surface area contributed by atoms with Crippen LogP contribution in [0, 0.1) is 0 Å². The van der Waals surface area contributed by atoms with Crippen LogP contribution in [0.3, 0.4) is 0 Å². The maximum absolute atomic E-state index is 12.5. The third kappa shape index (κ3) is 10.2. The molecule has 0 saturated heterocycles. The molecule has 0 unspecified atom stereocenters. The Balaban J connectivity index is 2.97.